The summed E-state index contributed by atoms with van der Waals surface area (Å²) in [5.41, 5.74) is -0.548. The van der Waals surface area contributed by atoms with E-state index in [9.17, 15) is 13.2 Å². The molecule has 0 aliphatic heterocycles. The van der Waals surface area contributed by atoms with Gasteiger partial charge in [-0.1, -0.05) is 0 Å². The number of rotatable bonds is 4. The van der Waals surface area contributed by atoms with E-state index in [4.69, 9.17) is 4.74 Å². The molecule has 100 valence electrons. The van der Waals surface area contributed by atoms with E-state index in [1.165, 1.54) is 25.4 Å². The highest BCUT2D eigenvalue weighted by Crippen LogP contribution is 2.14. The molecular weight excluding hydrogens is 256 g/mol. The molecule has 7 heteroatoms. The van der Waals surface area contributed by atoms with Crippen LogP contribution in [-0.4, -0.2) is 38.3 Å². The van der Waals surface area contributed by atoms with Gasteiger partial charge < -0.3 is 10.1 Å². The number of anilines is 1. The van der Waals surface area contributed by atoms with Crippen LogP contribution in [0.25, 0.3) is 0 Å². The van der Waals surface area contributed by atoms with Crippen molar-refractivity contribution < 1.29 is 17.9 Å². The molecule has 0 saturated carbocycles. The molecule has 0 aliphatic carbocycles. The van der Waals surface area contributed by atoms with Crippen molar-refractivity contribution in [3.8, 4) is 0 Å². The molecular formula is C11H16N2O4S. The minimum atomic E-state index is -3.33. The lowest BCUT2D eigenvalue weighted by atomic mass is 10.1. The highest BCUT2D eigenvalue weighted by Gasteiger charge is 2.27. The number of sulfone groups is 1. The Morgan fingerprint density at radius 3 is 2.39 bits per heavy atom. The molecule has 0 fully saturated rings. The Morgan fingerprint density at radius 2 is 2.00 bits per heavy atom. The van der Waals surface area contributed by atoms with Crippen LogP contribution in [0.2, 0.25) is 0 Å². The van der Waals surface area contributed by atoms with E-state index in [-0.39, 0.29) is 10.9 Å². The Morgan fingerprint density at radius 1 is 1.39 bits per heavy atom. The van der Waals surface area contributed by atoms with Crippen LogP contribution in [0.15, 0.2) is 23.4 Å². The molecule has 0 bridgehead atoms. The molecule has 1 aromatic rings. The molecule has 0 atom stereocenters. The molecule has 1 rings (SSSR count). The van der Waals surface area contributed by atoms with Crippen LogP contribution in [0.3, 0.4) is 0 Å². The number of hydrogen-bond donors (Lipinski definition) is 1. The number of carbonyl (C=O) groups is 1. The summed E-state index contributed by atoms with van der Waals surface area (Å²) < 4.78 is 27.4. The van der Waals surface area contributed by atoms with Gasteiger partial charge in [0.15, 0.2) is 14.9 Å². The maximum atomic E-state index is 11.8. The lowest BCUT2D eigenvalue weighted by Crippen LogP contribution is -2.38. The quantitative estimate of drug-likeness (QED) is 0.878. The third kappa shape index (κ3) is 3.51. The van der Waals surface area contributed by atoms with Crippen LogP contribution in [0.1, 0.15) is 13.8 Å². The molecule has 1 amide bonds. The number of carbonyl (C=O) groups excluding carboxylic acids is 1. The third-order valence-electron chi connectivity index (χ3n) is 2.43. The topological polar surface area (TPSA) is 85.4 Å². The number of hydrogen-bond acceptors (Lipinski definition) is 5. The van der Waals surface area contributed by atoms with Crippen molar-refractivity contribution in [2.45, 2.75) is 24.5 Å². The molecule has 1 aromatic heterocycles. The molecule has 18 heavy (non-hydrogen) atoms. The first-order chi connectivity index (χ1) is 8.16. The Labute approximate surface area is 106 Å². The standard InChI is InChI=1S/C11H16N2O4S/c1-11(2,17-3)10(14)13-8-5-6-9(12-7-8)18(4,15)16/h5-7H,1-4H3,(H,13,14). The second kappa shape index (κ2) is 5.03. The summed E-state index contributed by atoms with van der Waals surface area (Å²) in [6.07, 6.45) is 2.36. The van der Waals surface area contributed by atoms with Gasteiger partial charge in [-0.25, -0.2) is 13.4 Å². The fourth-order valence-corrected chi connectivity index (χ4v) is 1.61. The van der Waals surface area contributed by atoms with E-state index in [0.717, 1.165) is 6.26 Å². The van der Waals surface area contributed by atoms with Crippen LogP contribution >= 0.6 is 0 Å². The van der Waals surface area contributed by atoms with E-state index >= 15 is 0 Å². The zero-order valence-electron chi connectivity index (χ0n) is 10.7. The maximum Gasteiger partial charge on any atom is 0.256 e. The number of amides is 1. The SMILES string of the molecule is COC(C)(C)C(=O)Nc1ccc(S(C)(=O)=O)nc1. The minimum absolute atomic E-state index is 0.0356. The first-order valence-corrected chi connectivity index (χ1v) is 7.08. The average Bonchev–Trinajstić information content (AvgIpc) is 2.28. The molecule has 0 radical (unpaired) electrons. The zero-order valence-corrected chi connectivity index (χ0v) is 11.5. The van der Waals surface area contributed by atoms with Gasteiger partial charge in [0.05, 0.1) is 11.9 Å². The van der Waals surface area contributed by atoms with E-state index in [1.807, 2.05) is 0 Å². The maximum absolute atomic E-state index is 11.8. The monoisotopic (exact) mass is 272 g/mol. The highest BCUT2D eigenvalue weighted by molar-refractivity contribution is 7.90. The van der Waals surface area contributed by atoms with Gasteiger partial charge in [0.1, 0.15) is 5.60 Å². The number of nitrogens with zero attached hydrogens (tertiary/aromatic N) is 1. The van der Waals surface area contributed by atoms with Gasteiger partial charge >= 0.3 is 0 Å². The summed E-state index contributed by atoms with van der Waals surface area (Å²) in [7, 11) is -1.89. The molecule has 0 saturated heterocycles. The summed E-state index contributed by atoms with van der Waals surface area (Å²) in [6, 6.07) is 2.82. The lowest BCUT2D eigenvalue weighted by molar-refractivity contribution is -0.133. The molecule has 6 nitrogen and oxygen atoms in total. The first kappa shape index (κ1) is 14.6. The normalized spacial score (nSPS) is 12.2. The predicted octanol–water partition coefficient (Wildman–Crippen LogP) is 0.849. The number of aromatic nitrogens is 1. The summed E-state index contributed by atoms with van der Waals surface area (Å²) in [4.78, 5) is 15.5. The first-order valence-electron chi connectivity index (χ1n) is 5.19. The van der Waals surface area contributed by atoms with Crippen LogP contribution < -0.4 is 5.32 Å². The zero-order chi connectivity index (χ0) is 14.0. The largest absolute Gasteiger partial charge is 0.369 e. The second-order valence-corrected chi connectivity index (χ2v) is 6.29. The van der Waals surface area contributed by atoms with E-state index in [0.29, 0.717) is 5.69 Å². The fourth-order valence-electron chi connectivity index (χ4n) is 1.05. The number of nitrogens with one attached hydrogen (secondary N) is 1. The Kier molecular flexibility index (Phi) is 4.08. The van der Waals surface area contributed by atoms with E-state index < -0.39 is 15.4 Å². The number of pyridine rings is 1. The van der Waals surface area contributed by atoms with Crippen molar-refractivity contribution in [2.24, 2.45) is 0 Å². The molecule has 0 spiro atoms. The van der Waals surface area contributed by atoms with Crippen molar-refractivity contribution in [3.63, 3.8) is 0 Å². The van der Waals surface area contributed by atoms with Crippen molar-refractivity contribution >= 4 is 21.4 Å². The van der Waals surface area contributed by atoms with Crippen LogP contribution in [0, 0.1) is 0 Å². The van der Waals surface area contributed by atoms with Crippen LogP contribution in [-0.2, 0) is 19.4 Å². The van der Waals surface area contributed by atoms with Gasteiger partial charge in [0.25, 0.3) is 5.91 Å². The van der Waals surface area contributed by atoms with Gasteiger partial charge in [0, 0.05) is 13.4 Å². The van der Waals surface area contributed by atoms with Gasteiger partial charge in [-0.05, 0) is 26.0 Å². The van der Waals surface area contributed by atoms with Crippen LogP contribution in [0.4, 0.5) is 5.69 Å². The van der Waals surface area contributed by atoms with Gasteiger partial charge in [0.2, 0.25) is 0 Å². The lowest BCUT2D eigenvalue weighted by Gasteiger charge is -2.21. The molecule has 1 N–H and O–H groups in total. The van der Waals surface area contributed by atoms with Crippen molar-refractivity contribution in [1.82, 2.24) is 4.98 Å². The third-order valence-corrected chi connectivity index (χ3v) is 3.43. The number of ether oxygens (including phenoxy) is 1. The van der Waals surface area contributed by atoms with Gasteiger partial charge in [-0.2, -0.15) is 0 Å². The summed E-state index contributed by atoms with van der Waals surface area (Å²) in [5.74, 6) is -0.334. The van der Waals surface area contributed by atoms with Gasteiger partial charge in [-0.3, -0.25) is 4.79 Å². The van der Waals surface area contributed by atoms with Crippen molar-refractivity contribution in [2.75, 3.05) is 18.7 Å². The number of methoxy groups -OCH3 is 1. The van der Waals surface area contributed by atoms with E-state index in [1.54, 1.807) is 13.8 Å². The molecule has 0 aliphatic rings. The van der Waals surface area contributed by atoms with E-state index in [2.05, 4.69) is 10.3 Å². The Hall–Kier alpha value is -1.47. The van der Waals surface area contributed by atoms with Crippen molar-refractivity contribution in [3.05, 3.63) is 18.3 Å². The summed E-state index contributed by atoms with van der Waals surface area (Å²) >= 11 is 0. The molecule has 0 unspecified atom stereocenters. The molecule has 0 aromatic carbocycles. The minimum Gasteiger partial charge on any atom is -0.369 e. The average molecular weight is 272 g/mol. The predicted molar refractivity (Wildman–Crippen MR) is 67.1 cm³/mol. The summed E-state index contributed by atoms with van der Waals surface area (Å²) in [5, 5.41) is 2.55. The second-order valence-electron chi connectivity index (χ2n) is 4.33. The van der Waals surface area contributed by atoms with Crippen LogP contribution in [0.5, 0.6) is 0 Å². The fraction of sp³-hybridized carbons (Fsp3) is 0.455. The molecule has 1 heterocycles. The summed E-state index contributed by atoms with van der Waals surface area (Å²) in [6.45, 7) is 3.25. The van der Waals surface area contributed by atoms with Gasteiger partial charge in [-0.15, -0.1) is 0 Å². The Bertz CT molecular complexity index is 535. The highest BCUT2D eigenvalue weighted by atomic mass is 32.2. The Balaban J connectivity index is 2.86. The van der Waals surface area contributed by atoms with Crippen molar-refractivity contribution in [1.29, 1.82) is 0 Å². The smallest absolute Gasteiger partial charge is 0.256 e.